The van der Waals surface area contributed by atoms with Gasteiger partial charge >= 0.3 is 0 Å². The van der Waals surface area contributed by atoms with E-state index in [-0.39, 0.29) is 0 Å². The zero-order valence-corrected chi connectivity index (χ0v) is 17.5. The Kier molecular flexibility index (Phi) is 5.26. The van der Waals surface area contributed by atoms with Gasteiger partial charge in [0.25, 0.3) is 0 Å². The molecule has 1 saturated heterocycles. The summed E-state index contributed by atoms with van der Waals surface area (Å²) in [5.41, 5.74) is 0.905. The van der Waals surface area contributed by atoms with Gasteiger partial charge in [-0.3, -0.25) is 4.90 Å². The Hall–Kier alpha value is -2.71. The largest absolute Gasteiger partial charge is 0.497 e. The van der Waals surface area contributed by atoms with Gasteiger partial charge in [-0.05, 0) is 37.1 Å². The van der Waals surface area contributed by atoms with Crippen molar-refractivity contribution in [1.29, 1.82) is 0 Å². The lowest BCUT2D eigenvalue weighted by Gasteiger charge is -2.34. The molecule has 2 aromatic heterocycles. The normalized spacial score (nSPS) is 17.3. The fraction of sp³-hybridized carbons (Fsp3) is 0.429. The number of ether oxygens (including phenoxy) is 1. The van der Waals surface area contributed by atoms with Crippen molar-refractivity contribution in [2.45, 2.75) is 25.3 Å². The summed E-state index contributed by atoms with van der Waals surface area (Å²) in [6.07, 6.45) is 2.33. The first kappa shape index (κ1) is 19.3. The van der Waals surface area contributed by atoms with Gasteiger partial charge in [0.15, 0.2) is 0 Å². The highest BCUT2D eigenvalue weighted by molar-refractivity contribution is 6.29. The molecule has 1 aliphatic heterocycles. The lowest BCUT2D eigenvalue weighted by molar-refractivity contribution is 0.215. The van der Waals surface area contributed by atoms with E-state index in [4.69, 9.17) is 25.8 Å². The van der Waals surface area contributed by atoms with Crippen LogP contribution in [0.2, 0.25) is 5.15 Å². The molecule has 2 fully saturated rings. The minimum atomic E-state index is 0.487. The van der Waals surface area contributed by atoms with Crippen molar-refractivity contribution in [2.24, 2.45) is 0 Å². The number of rotatable bonds is 6. The van der Waals surface area contributed by atoms with Crippen molar-refractivity contribution in [1.82, 2.24) is 25.0 Å². The molecule has 0 radical (unpaired) electrons. The molecule has 2 aliphatic rings. The van der Waals surface area contributed by atoms with Crippen LogP contribution in [0, 0.1) is 0 Å². The number of methoxy groups -OCH3 is 1. The van der Waals surface area contributed by atoms with E-state index in [2.05, 4.69) is 24.9 Å². The second-order valence-electron chi connectivity index (χ2n) is 7.68. The van der Waals surface area contributed by atoms with Crippen molar-refractivity contribution in [3.05, 3.63) is 47.2 Å². The smallest absolute Gasteiger partial charge is 0.241 e. The average Bonchev–Trinajstić information content (AvgIpc) is 3.53. The maximum absolute atomic E-state index is 6.22. The van der Waals surface area contributed by atoms with Crippen molar-refractivity contribution >= 4 is 17.4 Å². The Morgan fingerprint density at radius 1 is 1.07 bits per heavy atom. The van der Waals surface area contributed by atoms with Crippen LogP contribution in [0.5, 0.6) is 5.75 Å². The summed E-state index contributed by atoms with van der Waals surface area (Å²) in [4.78, 5) is 18.2. The van der Waals surface area contributed by atoms with Crippen molar-refractivity contribution in [2.75, 3.05) is 38.2 Å². The van der Waals surface area contributed by atoms with Gasteiger partial charge < -0.3 is 14.2 Å². The number of aromatic nitrogens is 4. The van der Waals surface area contributed by atoms with E-state index in [1.807, 2.05) is 30.3 Å². The molecule has 0 atom stereocenters. The van der Waals surface area contributed by atoms with Crippen LogP contribution >= 0.6 is 11.6 Å². The quantitative estimate of drug-likeness (QED) is 0.555. The third-order valence-corrected chi connectivity index (χ3v) is 5.71. The van der Waals surface area contributed by atoms with Crippen LogP contribution in [0.4, 0.5) is 5.82 Å². The minimum absolute atomic E-state index is 0.487. The number of benzene rings is 1. The van der Waals surface area contributed by atoms with Gasteiger partial charge in [0.05, 0.1) is 13.7 Å². The van der Waals surface area contributed by atoms with Crippen LogP contribution in [0.15, 0.2) is 34.9 Å². The topological polar surface area (TPSA) is 80.4 Å². The van der Waals surface area contributed by atoms with E-state index >= 15 is 0 Å². The summed E-state index contributed by atoms with van der Waals surface area (Å²) < 4.78 is 10.7. The Morgan fingerprint density at radius 3 is 2.53 bits per heavy atom. The van der Waals surface area contributed by atoms with E-state index in [0.717, 1.165) is 62.0 Å². The molecule has 0 N–H and O–H groups in total. The van der Waals surface area contributed by atoms with E-state index in [9.17, 15) is 0 Å². The zero-order chi connectivity index (χ0) is 20.5. The molecule has 8 nitrogen and oxygen atoms in total. The average molecular weight is 427 g/mol. The van der Waals surface area contributed by atoms with E-state index < -0.39 is 0 Å². The number of anilines is 1. The van der Waals surface area contributed by atoms with Gasteiger partial charge in [-0.15, -0.1) is 0 Å². The molecule has 0 amide bonds. The molecule has 1 saturated carbocycles. The van der Waals surface area contributed by atoms with Crippen LogP contribution in [0.1, 0.15) is 30.5 Å². The van der Waals surface area contributed by atoms with Crippen LogP contribution in [-0.2, 0) is 6.54 Å². The van der Waals surface area contributed by atoms with Gasteiger partial charge in [0, 0.05) is 43.7 Å². The van der Waals surface area contributed by atoms with Gasteiger partial charge in [0.1, 0.15) is 22.5 Å². The molecule has 3 aromatic rings. The fourth-order valence-electron chi connectivity index (χ4n) is 3.61. The SMILES string of the molecule is COc1ccc(-c2noc(CN3CCN(c4cc(Cl)nc(C5CC5)n4)CC3)n2)cc1. The van der Waals surface area contributed by atoms with Gasteiger partial charge in [-0.1, -0.05) is 16.8 Å². The molecule has 30 heavy (non-hydrogen) atoms. The number of halogens is 1. The second kappa shape index (κ2) is 8.20. The summed E-state index contributed by atoms with van der Waals surface area (Å²) in [5.74, 6) is 4.31. The molecule has 3 heterocycles. The predicted octanol–water partition coefficient (Wildman–Crippen LogP) is 3.39. The van der Waals surface area contributed by atoms with Gasteiger partial charge in [-0.2, -0.15) is 4.98 Å². The number of nitrogens with zero attached hydrogens (tertiary/aromatic N) is 6. The highest BCUT2D eigenvalue weighted by Crippen LogP contribution is 2.39. The Labute approximate surface area is 179 Å². The first-order valence-corrected chi connectivity index (χ1v) is 10.5. The third kappa shape index (κ3) is 4.24. The Morgan fingerprint density at radius 2 is 1.83 bits per heavy atom. The lowest BCUT2D eigenvalue weighted by Crippen LogP contribution is -2.46. The molecule has 9 heteroatoms. The zero-order valence-electron chi connectivity index (χ0n) is 16.8. The molecule has 1 aromatic carbocycles. The first-order valence-electron chi connectivity index (χ1n) is 10.2. The number of piperazine rings is 1. The third-order valence-electron chi connectivity index (χ3n) is 5.51. The van der Waals surface area contributed by atoms with E-state index in [1.165, 1.54) is 0 Å². The maximum atomic E-state index is 6.22. The highest BCUT2D eigenvalue weighted by atomic mass is 35.5. The first-order chi connectivity index (χ1) is 14.7. The molecule has 0 bridgehead atoms. The van der Waals surface area contributed by atoms with Gasteiger partial charge in [0.2, 0.25) is 11.7 Å². The van der Waals surface area contributed by atoms with E-state index in [1.54, 1.807) is 7.11 Å². The van der Waals surface area contributed by atoms with Crippen molar-refractivity contribution < 1.29 is 9.26 Å². The van der Waals surface area contributed by atoms with Crippen LogP contribution in [-0.4, -0.2) is 58.3 Å². The summed E-state index contributed by atoms with van der Waals surface area (Å²) >= 11 is 6.22. The fourth-order valence-corrected chi connectivity index (χ4v) is 3.80. The molecule has 1 aliphatic carbocycles. The highest BCUT2D eigenvalue weighted by Gasteiger charge is 2.28. The van der Waals surface area contributed by atoms with Gasteiger partial charge in [-0.25, -0.2) is 9.97 Å². The maximum Gasteiger partial charge on any atom is 0.241 e. The van der Waals surface area contributed by atoms with E-state index in [0.29, 0.717) is 29.3 Å². The standard InChI is InChI=1S/C21H23ClN6O2/c1-29-16-6-4-15(5-7-16)21-25-19(30-26-21)13-27-8-10-28(11-9-27)18-12-17(22)23-20(24-18)14-2-3-14/h4-7,12,14H,2-3,8-11,13H2,1H3. The summed E-state index contributed by atoms with van der Waals surface area (Å²) in [5, 5.41) is 4.65. The van der Waals surface area contributed by atoms with Crippen LogP contribution in [0.25, 0.3) is 11.4 Å². The molecule has 0 spiro atoms. The number of hydrogen-bond donors (Lipinski definition) is 0. The predicted molar refractivity (Wildman–Crippen MR) is 113 cm³/mol. The number of hydrogen-bond acceptors (Lipinski definition) is 8. The molecule has 5 rings (SSSR count). The molecular formula is C21H23ClN6O2. The monoisotopic (exact) mass is 426 g/mol. The summed E-state index contributed by atoms with van der Waals surface area (Å²) in [6.45, 7) is 4.16. The Balaban J connectivity index is 1.19. The van der Waals surface area contributed by atoms with Crippen molar-refractivity contribution in [3.63, 3.8) is 0 Å². The molecule has 0 unspecified atom stereocenters. The summed E-state index contributed by atoms with van der Waals surface area (Å²) in [7, 11) is 1.65. The van der Waals surface area contributed by atoms with Crippen LogP contribution < -0.4 is 9.64 Å². The minimum Gasteiger partial charge on any atom is -0.497 e. The Bertz CT molecular complexity index is 1010. The lowest BCUT2D eigenvalue weighted by atomic mass is 10.2. The van der Waals surface area contributed by atoms with Crippen LogP contribution in [0.3, 0.4) is 0 Å². The van der Waals surface area contributed by atoms with Crippen molar-refractivity contribution in [3.8, 4) is 17.1 Å². The summed E-state index contributed by atoms with van der Waals surface area (Å²) in [6, 6.07) is 9.49. The molecule has 156 valence electrons. The second-order valence-corrected chi connectivity index (χ2v) is 8.07. The molecular weight excluding hydrogens is 404 g/mol.